The van der Waals surface area contributed by atoms with E-state index in [4.69, 9.17) is 17.0 Å². The molecule has 5 heteroatoms. The van der Waals surface area contributed by atoms with Crippen LogP contribution in [0.2, 0.25) is 37.3 Å². The van der Waals surface area contributed by atoms with Gasteiger partial charge in [0.15, 0.2) is 0 Å². The van der Waals surface area contributed by atoms with Crippen molar-refractivity contribution >= 4 is 32.2 Å². The van der Waals surface area contributed by atoms with Crippen LogP contribution in [0.1, 0.15) is 89.5 Å². The Bertz CT molecular complexity index is 741. The predicted molar refractivity (Wildman–Crippen MR) is 168 cm³/mol. The molecule has 1 aromatic carbocycles. The van der Waals surface area contributed by atoms with Crippen molar-refractivity contribution in [2.75, 3.05) is 0 Å². The van der Waals surface area contributed by atoms with E-state index in [-0.39, 0.29) is 14.9 Å². The van der Waals surface area contributed by atoms with E-state index in [0.717, 1.165) is 40.7 Å². The molecule has 7 unspecified atom stereocenters. The van der Waals surface area contributed by atoms with Gasteiger partial charge in [0.2, 0.25) is 0 Å². The molecule has 3 saturated carbocycles. The van der Waals surface area contributed by atoms with Crippen LogP contribution in [0.3, 0.4) is 0 Å². The Hall–Kier alpha value is 1.12. The van der Waals surface area contributed by atoms with Gasteiger partial charge in [0.25, 0.3) is 0 Å². The Kier molecular flexibility index (Phi) is 15.4. The van der Waals surface area contributed by atoms with Crippen molar-refractivity contribution in [2.24, 2.45) is 23.7 Å². The van der Waals surface area contributed by atoms with Gasteiger partial charge in [-0.3, -0.25) is 0 Å². The van der Waals surface area contributed by atoms with Crippen LogP contribution in [0.15, 0.2) is 30.3 Å². The maximum atomic E-state index is 4.93. The Balaban J connectivity index is 0.00000123. The summed E-state index contributed by atoms with van der Waals surface area (Å²) in [5.41, 5.74) is 3.85. The molecule has 0 radical (unpaired) electrons. The molecule has 0 amide bonds. The molecular formula is C31H56Cl2Si2Zr. The van der Waals surface area contributed by atoms with E-state index in [9.17, 15) is 0 Å². The summed E-state index contributed by atoms with van der Waals surface area (Å²) in [6.07, 6.45) is 15.0. The molecular weight excluding hydrogens is 591 g/mol. The molecule has 3 aliphatic carbocycles. The second-order valence-electron chi connectivity index (χ2n) is 13.0. The summed E-state index contributed by atoms with van der Waals surface area (Å²) in [4.78, 5) is 0. The molecule has 3 aliphatic rings. The molecule has 206 valence electrons. The van der Waals surface area contributed by atoms with Crippen molar-refractivity contribution in [1.82, 2.24) is 0 Å². The number of fused-ring (bicyclic) bond motifs is 1. The third-order valence-electron chi connectivity index (χ3n) is 11.1. The fourth-order valence-electron chi connectivity index (χ4n) is 8.88. The van der Waals surface area contributed by atoms with Gasteiger partial charge in [0.1, 0.15) is 0 Å². The Morgan fingerprint density at radius 2 is 1.50 bits per heavy atom. The van der Waals surface area contributed by atoms with Crippen LogP contribution < -0.4 is 0 Å². The van der Waals surface area contributed by atoms with Gasteiger partial charge >= 0.3 is 37.9 Å². The second kappa shape index (κ2) is 15.8. The Labute approximate surface area is 247 Å². The van der Waals surface area contributed by atoms with Crippen LogP contribution in [-0.4, -0.2) is 15.2 Å². The summed E-state index contributed by atoms with van der Waals surface area (Å²) in [6.45, 7) is 16.5. The first-order valence-electron chi connectivity index (χ1n) is 14.2. The zero-order chi connectivity index (χ0) is 24.9. The van der Waals surface area contributed by atoms with Crippen molar-refractivity contribution in [1.29, 1.82) is 0 Å². The van der Waals surface area contributed by atoms with Crippen LogP contribution in [0, 0.1) is 38.5 Å². The van der Waals surface area contributed by atoms with E-state index in [2.05, 4.69) is 70.4 Å². The first-order chi connectivity index (χ1) is 16.2. The average Bonchev–Trinajstić information content (AvgIpc) is 3.42. The van der Waals surface area contributed by atoms with Gasteiger partial charge in [-0.2, -0.15) is 0 Å². The number of hydrogen-bond donors (Lipinski definition) is 0. The van der Waals surface area contributed by atoms with Crippen LogP contribution >= 0.6 is 17.0 Å². The van der Waals surface area contributed by atoms with Gasteiger partial charge in [-0.05, 0) is 59.1 Å². The van der Waals surface area contributed by atoms with Gasteiger partial charge in [-0.1, -0.05) is 122 Å². The van der Waals surface area contributed by atoms with E-state index in [1.807, 2.05) is 0 Å². The Morgan fingerprint density at radius 3 is 2.11 bits per heavy atom. The molecule has 0 N–H and O–H groups in total. The zero-order valence-electron chi connectivity index (χ0n) is 24.8. The normalized spacial score (nSPS) is 31.7. The van der Waals surface area contributed by atoms with Crippen molar-refractivity contribution in [3.63, 3.8) is 0 Å². The standard InChI is InChI=1S/C29H50Si2.2CH3.2ClH.Zr/c1-7-8-13-23-18-19-25(21-23)30(3,4)31(5,6)29-22(2)20-28-26(16-12-17-27(28)29)24-14-10-9-11-15-24;;;;;/h9-11,14-15,22-23,25-29H,7-8,12-13,16-21H2,1-6H3;2*1H3;2*1H;/q;2*-1;;;+4/p-2. The number of hydrogen-bond acceptors (Lipinski definition) is 0. The monoisotopic (exact) mass is 644 g/mol. The second-order valence-corrected chi connectivity index (χ2v) is 32.9. The summed E-state index contributed by atoms with van der Waals surface area (Å²) in [7, 11) is 7.36. The quantitative estimate of drug-likeness (QED) is 0.204. The summed E-state index contributed by atoms with van der Waals surface area (Å²) >= 11 is -0.826. The summed E-state index contributed by atoms with van der Waals surface area (Å²) in [5.74, 6) is 4.86. The third-order valence-corrected chi connectivity index (χ3v) is 31.8. The maximum absolute atomic E-state index is 4.93. The fourth-order valence-corrected chi connectivity index (χ4v) is 23.7. The van der Waals surface area contributed by atoms with Gasteiger partial charge in [-0.15, -0.1) is 0 Å². The number of unbranched alkanes of at least 4 members (excludes halogenated alkanes) is 1. The summed E-state index contributed by atoms with van der Waals surface area (Å²) in [5, 5.41) is 0. The first kappa shape index (κ1) is 35.1. The predicted octanol–water partition coefficient (Wildman–Crippen LogP) is 11.7. The van der Waals surface area contributed by atoms with Gasteiger partial charge < -0.3 is 14.9 Å². The van der Waals surface area contributed by atoms with E-state index in [1.165, 1.54) is 44.9 Å². The molecule has 4 rings (SSSR count). The number of benzene rings is 1. The van der Waals surface area contributed by atoms with Gasteiger partial charge in [0.05, 0.1) is 0 Å². The molecule has 0 bridgehead atoms. The van der Waals surface area contributed by atoms with Crippen LogP contribution in [0.5, 0.6) is 0 Å². The van der Waals surface area contributed by atoms with Crippen molar-refractivity contribution < 1.29 is 20.8 Å². The van der Waals surface area contributed by atoms with Crippen LogP contribution in [0.25, 0.3) is 0 Å². The van der Waals surface area contributed by atoms with E-state index < -0.39 is 36.0 Å². The molecule has 1 aromatic rings. The van der Waals surface area contributed by atoms with Crippen molar-refractivity contribution in [3.05, 3.63) is 50.7 Å². The molecule has 0 aromatic heterocycles. The van der Waals surface area contributed by atoms with Gasteiger partial charge in [-0.25, -0.2) is 0 Å². The molecule has 0 nitrogen and oxygen atoms in total. The average molecular weight is 647 g/mol. The third kappa shape index (κ3) is 7.65. The van der Waals surface area contributed by atoms with E-state index >= 15 is 0 Å². The topological polar surface area (TPSA) is 0 Å². The fraction of sp³-hybridized carbons (Fsp3) is 0.742. The summed E-state index contributed by atoms with van der Waals surface area (Å²) in [6, 6.07) is 11.6. The first-order valence-corrected chi connectivity index (χ1v) is 27.7. The SMILES string of the molecule is CCCCC1CCC([Si](C)(C)[Si](C)(C)C2C(C)CC3C(c4ccccc4)CCCC32)C1.[CH3-].[CH3-].[Cl][Zr+2][Cl]. The molecule has 0 heterocycles. The molecule has 7 atom stereocenters. The molecule has 3 fully saturated rings. The van der Waals surface area contributed by atoms with Crippen LogP contribution in [0.4, 0.5) is 0 Å². The number of rotatable bonds is 7. The van der Waals surface area contributed by atoms with Crippen molar-refractivity contribution in [3.8, 4) is 0 Å². The summed E-state index contributed by atoms with van der Waals surface area (Å²) < 4.78 is 0. The van der Waals surface area contributed by atoms with Gasteiger partial charge in [0, 0.05) is 15.2 Å². The molecule has 0 aliphatic heterocycles. The molecule has 36 heavy (non-hydrogen) atoms. The molecule has 0 saturated heterocycles. The minimum atomic E-state index is -1.29. The zero-order valence-corrected chi connectivity index (χ0v) is 30.7. The number of halogens is 2. The van der Waals surface area contributed by atoms with E-state index in [0.29, 0.717) is 0 Å². The van der Waals surface area contributed by atoms with E-state index in [1.54, 1.807) is 24.8 Å². The minimum absolute atomic E-state index is 0. The Morgan fingerprint density at radius 1 is 0.861 bits per heavy atom. The van der Waals surface area contributed by atoms with Crippen LogP contribution in [-0.2, 0) is 20.8 Å². The van der Waals surface area contributed by atoms with Crippen molar-refractivity contribution in [2.45, 2.75) is 121 Å². The molecule has 0 spiro atoms.